The van der Waals surface area contributed by atoms with E-state index in [4.69, 9.17) is 9.15 Å². The Kier molecular flexibility index (Phi) is 5.34. The Balaban J connectivity index is 1.36. The molecule has 1 heterocycles. The van der Waals surface area contributed by atoms with Crippen molar-refractivity contribution in [2.45, 2.75) is 25.3 Å². The molecule has 5 rings (SSSR count). The Morgan fingerprint density at radius 1 is 0.970 bits per heavy atom. The number of benzene rings is 3. The molecule has 0 radical (unpaired) electrons. The molecule has 0 saturated carbocycles. The van der Waals surface area contributed by atoms with E-state index in [1.807, 2.05) is 48.5 Å². The van der Waals surface area contributed by atoms with Gasteiger partial charge in [0.15, 0.2) is 0 Å². The van der Waals surface area contributed by atoms with Gasteiger partial charge in [0.2, 0.25) is 0 Å². The number of carbonyl (C=O) groups excluding carboxylic acids is 1. The van der Waals surface area contributed by atoms with Crippen molar-refractivity contribution in [3.63, 3.8) is 0 Å². The molecular weight excluding hydrogens is 418 g/mol. The second-order valence-corrected chi connectivity index (χ2v) is 8.19. The monoisotopic (exact) mass is 441 g/mol. The van der Waals surface area contributed by atoms with Gasteiger partial charge in [0, 0.05) is 16.9 Å². The fourth-order valence-corrected chi connectivity index (χ4v) is 4.80. The first-order valence-corrected chi connectivity index (χ1v) is 10.8. The van der Waals surface area contributed by atoms with Gasteiger partial charge < -0.3 is 19.6 Å². The van der Waals surface area contributed by atoms with Crippen molar-refractivity contribution in [2.75, 3.05) is 6.61 Å². The number of carboxylic acids is 1. The van der Waals surface area contributed by atoms with Crippen LogP contribution < -0.4 is 5.32 Å². The molecule has 0 saturated heterocycles. The summed E-state index contributed by atoms with van der Waals surface area (Å²) in [5, 5.41) is 13.0. The summed E-state index contributed by atoms with van der Waals surface area (Å²) in [7, 11) is 0. The highest BCUT2D eigenvalue weighted by molar-refractivity contribution is 5.85. The van der Waals surface area contributed by atoms with Crippen molar-refractivity contribution in [1.29, 1.82) is 0 Å². The normalized spacial score (nSPS) is 13.4. The Morgan fingerprint density at radius 2 is 1.58 bits per heavy atom. The van der Waals surface area contributed by atoms with Crippen molar-refractivity contribution in [3.05, 3.63) is 95.2 Å². The van der Waals surface area contributed by atoms with Crippen molar-refractivity contribution in [3.8, 4) is 11.1 Å². The molecule has 166 valence electrons. The highest BCUT2D eigenvalue weighted by atomic mass is 16.5. The minimum absolute atomic E-state index is 0.0717. The van der Waals surface area contributed by atoms with Crippen LogP contribution in [0.3, 0.4) is 0 Å². The van der Waals surface area contributed by atoms with E-state index in [1.54, 1.807) is 6.92 Å². The highest BCUT2D eigenvalue weighted by Crippen LogP contribution is 2.44. The average Bonchev–Trinajstić information content (AvgIpc) is 3.31. The van der Waals surface area contributed by atoms with Gasteiger partial charge in [-0.1, -0.05) is 66.7 Å². The van der Waals surface area contributed by atoms with Crippen molar-refractivity contribution >= 4 is 23.0 Å². The number of amides is 1. The molecule has 1 amide bonds. The quantitative estimate of drug-likeness (QED) is 0.395. The standard InChI is InChI=1S/C27H23NO5/c1-16-26(21-12-6-7-13-24(21)33-16)23(14-25(29)30)28-27(31)32-15-22-19-10-4-2-8-17(19)18-9-3-5-11-20(18)22/h2-13,22-23H,14-15H2,1H3,(H,28,31)(H,29,30)/t23-/m1/s1. The lowest BCUT2D eigenvalue weighted by Gasteiger charge is -2.19. The molecule has 2 N–H and O–H groups in total. The van der Waals surface area contributed by atoms with Crippen LogP contribution in [0.15, 0.2) is 77.2 Å². The lowest BCUT2D eigenvalue weighted by molar-refractivity contribution is -0.137. The molecule has 0 unspecified atom stereocenters. The summed E-state index contributed by atoms with van der Waals surface area (Å²) in [4.78, 5) is 24.4. The zero-order valence-corrected chi connectivity index (χ0v) is 18.1. The molecule has 1 atom stereocenters. The van der Waals surface area contributed by atoms with Crippen LogP contribution in [0.25, 0.3) is 22.1 Å². The summed E-state index contributed by atoms with van der Waals surface area (Å²) in [6, 6.07) is 22.8. The smallest absolute Gasteiger partial charge is 0.407 e. The zero-order chi connectivity index (χ0) is 22.9. The molecular formula is C27H23NO5. The molecule has 0 spiro atoms. The van der Waals surface area contributed by atoms with Gasteiger partial charge in [-0.2, -0.15) is 0 Å². The molecule has 33 heavy (non-hydrogen) atoms. The predicted molar refractivity (Wildman–Crippen MR) is 124 cm³/mol. The molecule has 6 heteroatoms. The van der Waals surface area contributed by atoms with Crippen LogP contribution in [0.2, 0.25) is 0 Å². The number of ether oxygens (including phenoxy) is 1. The van der Waals surface area contributed by atoms with Gasteiger partial charge in [0.05, 0.1) is 12.5 Å². The maximum absolute atomic E-state index is 12.8. The predicted octanol–water partition coefficient (Wildman–Crippen LogP) is 5.80. The number of carboxylic acid groups (broad SMARTS) is 1. The molecule has 0 bridgehead atoms. The molecule has 6 nitrogen and oxygen atoms in total. The number of para-hydroxylation sites is 1. The molecule has 0 aliphatic heterocycles. The van der Waals surface area contributed by atoms with Crippen LogP contribution in [-0.2, 0) is 9.53 Å². The molecule has 0 fully saturated rings. The molecule has 3 aromatic carbocycles. The maximum Gasteiger partial charge on any atom is 0.407 e. The number of aryl methyl sites for hydroxylation is 1. The lowest BCUT2D eigenvalue weighted by Crippen LogP contribution is -2.32. The largest absolute Gasteiger partial charge is 0.481 e. The highest BCUT2D eigenvalue weighted by Gasteiger charge is 2.30. The Bertz CT molecular complexity index is 1310. The van der Waals surface area contributed by atoms with Gasteiger partial charge in [-0.25, -0.2) is 4.79 Å². The van der Waals surface area contributed by atoms with E-state index in [2.05, 4.69) is 29.6 Å². The van der Waals surface area contributed by atoms with Crippen LogP contribution in [0, 0.1) is 6.92 Å². The van der Waals surface area contributed by atoms with Crippen LogP contribution in [0.5, 0.6) is 0 Å². The summed E-state index contributed by atoms with van der Waals surface area (Å²) in [5.74, 6) is -0.525. The Morgan fingerprint density at radius 3 is 2.24 bits per heavy atom. The molecule has 1 aromatic heterocycles. The van der Waals surface area contributed by atoms with Gasteiger partial charge >= 0.3 is 12.1 Å². The fraction of sp³-hybridized carbons (Fsp3) is 0.185. The van der Waals surface area contributed by atoms with Gasteiger partial charge in [-0.3, -0.25) is 4.79 Å². The van der Waals surface area contributed by atoms with Gasteiger partial charge in [-0.05, 0) is 35.2 Å². The van der Waals surface area contributed by atoms with E-state index >= 15 is 0 Å². The Labute approximate surface area is 190 Å². The summed E-state index contributed by atoms with van der Waals surface area (Å²) in [6.45, 7) is 1.92. The second kappa shape index (κ2) is 8.47. The van der Waals surface area contributed by atoms with Crippen LogP contribution in [0.1, 0.15) is 40.8 Å². The van der Waals surface area contributed by atoms with E-state index in [0.717, 1.165) is 27.6 Å². The SMILES string of the molecule is Cc1oc2ccccc2c1[C@@H](CC(=O)O)NC(=O)OCC1c2ccccc2-c2ccccc21. The number of hydrogen-bond donors (Lipinski definition) is 2. The first-order chi connectivity index (χ1) is 16.0. The minimum atomic E-state index is -1.02. The molecule has 4 aromatic rings. The third-order valence-corrected chi connectivity index (χ3v) is 6.18. The number of carbonyl (C=O) groups is 2. The van der Waals surface area contributed by atoms with Crippen molar-refractivity contribution < 1.29 is 23.8 Å². The number of alkyl carbamates (subject to hydrolysis) is 1. The number of rotatable bonds is 6. The number of fused-ring (bicyclic) bond motifs is 4. The summed E-state index contributed by atoms with van der Waals surface area (Å²) < 4.78 is 11.4. The van der Waals surface area contributed by atoms with E-state index in [1.165, 1.54) is 0 Å². The lowest BCUT2D eigenvalue weighted by atomic mass is 9.98. The van der Waals surface area contributed by atoms with Crippen LogP contribution in [0.4, 0.5) is 4.79 Å². The summed E-state index contributed by atoms with van der Waals surface area (Å²) >= 11 is 0. The summed E-state index contributed by atoms with van der Waals surface area (Å²) in [6.07, 6.45) is -0.943. The van der Waals surface area contributed by atoms with E-state index < -0.39 is 18.1 Å². The number of hydrogen-bond acceptors (Lipinski definition) is 4. The number of aliphatic carboxylic acids is 1. The molecule has 1 aliphatic carbocycles. The van der Waals surface area contributed by atoms with Crippen LogP contribution in [-0.4, -0.2) is 23.8 Å². The van der Waals surface area contributed by atoms with Gasteiger partial charge in [0.1, 0.15) is 18.0 Å². The molecule has 1 aliphatic rings. The summed E-state index contributed by atoms with van der Waals surface area (Å²) in [5.41, 5.74) is 5.82. The number of nitrogens with one attached hydrogen (secondary N) is 1. The van der Waals surface area contributed by atoms with Crippen molar-refractivity contribution in [1.82, 2.24) is 5.32 Å². The maximum atomic E-state index is 12.8. The zero-order valence-electron chi connectivity index (χ0n) is 18.1. The third kappa shape index (κ3) is 3.84. The Hall–Kier alpha value is -4.06. The third-order valence-electron chi connectivity index (χ3n) is 6.18. The number of furan rings is 1. The van der Waals surface area contributed by atoms with E-state index in [0.29, 0.717) is 16.9 Å². The van der Waals surface area contributed by atoms with E-state index in [9.17, 15) is 14.7 Å². The van der Waals surface area contributed by atoms with Gasteiger partial charge in [-0.15, -0.1) is 0 Å². The second-order valence-electron chi connectivity index (χ2n) is 8.19. The average molecular weight is 441 g/mol. The van der Waals surface area contributed by atoms with Crippen molar-refractivity contribution in [2.24, 2.45) is 0 Å². The minimum Gasteiger partial charge on any atom is -0.481 e. The topological polar surface area (TPSA) is 88.8 Å². The first kappa shape index (κ1) is 20.8. The first-order valence-electron chi connectivity index (χ1n) is 10.8. The van der Waals surface area contributed by atoms with Crippen LogP contribution >= 0.6 is 0 Å². The van der Waals surface area contributed by atoms with E-state index in [-0.39, 0.29) is 18.9 Å². The van der Waals surface area contributed by atoms with Gasteiger partial charge in [0.25, 0.3) is 0 Å². The fourth-order valence-electron chi connectivity index (χ4n) is 4.80.